The van der Waals surface area contributed by atoms with E-state index >= 15 is 0 Å². The molecule has 0 unspecified atom stereocenters. The number of benzene rings is 1. The van der Waals surface area contributed by atoms with Crippen molar-refractivity contribution in [2.45, 2.75) is 6.92 Å². The zero-order valence-corrected chi connectivity index (χ0v) is 11.0. The second-order valence-electron chi connectivity index (χ2n) is 4.26. The van der Waals surface area contributed by atoms with Crippen LogP contribution in [0.1, 0.15) is 16.1 Å². The lowest BCUT2D eigenvalue weighted by molar-refractivity contribution is 0.102. The van der Waals surface area contributed by atoms with E-state index in [0.717, 1.165) is 16.6 Å². The highest BCUT2D eigenvalue weighted by Gasteiger charge is 2.13. The molecule has 0 atom stereocenters. The fraction of sp³-hybridized carbons (Fsp3) is 0.0769. The average Bonchev–Trinajstić information content (AvgIpc) is 2.95. The summed E-state index contributed by atoms with van der Waals surface area (Å²) >= 11 is 1.41. The number of nitrogens with two attached hydrogens (primary N) is 1. The molecule has 3 aromatic rings. The first-order chi connectivity index (χ1) is 9.13. The molecule has 0 bridgehead atoms. The van der Waals surface area contributed by atoms with E-state index in [9.17, 15) is 4.79 Å². The Morgan fingerprint density at radius 3 is 3.05 bits per heavy atom. The van der Waals surface area contributed by atoms with Crippen molar-refractivity contribution >= 4 is 39.0 Å². The van der Waals surface area contributed by atoms with Crippen LogP contribution in [0.15, 0.2) is 29.8 Å². The highest BCUT2D eigenvalue weighted by Crippen LogP contribution is 2.22. The summed E-state index contributed by atoms with van der Waals surface area (Å²) in [6, 6.07) is 5.44. The second-order valence-corrected chi connectivity index (χ2v) is 5.11. The van der Waals surface area contributed by atoms with Gasteiger partial charge in [-0.1, -0.05) is 0 Å². The maximum atomic E-state index is 12.2. The van der Waals surface area contributed by atoms with Crippen LogP contribution in [0.5, 0.6) is 0 Å². The zero-order valence-electron chi connectivity index (χ0n) is 10.2. The highest BCUT2D eigenvalue weighted by atomic mass is 32.1. The van der Waals surface area contributed by atoms with Gasteiger partial charge < -0.3 is 10.7 Å². The number of aromatic nitrogens is 2. The first kappa shape index (κ1) is 11.7. The van der Waals surface area contributed by atoms with E-state index in [4.69, 9.17) is 5.73 Å². The molecule has 5 nitrogen and oxygen atoms in total. The standard InChI is InChI=1S/C13H12N4OS/c1-7-6-19-13(16-7)17-12(18)10-5-15-11-3-2-8(14)4-9(10)11/h2-6,15H,14H2,1H3,(H,16,17,18). The van der Waals surface area contributed by atoms with Crippen molar-refractivity contribution in [1.29, 1.82) is 0 Å². The van der Waals surface area contributed by atoms with Crippen molar-refractivity contribution in [2.24, 2.45) is 0 Å². The molecule has 0 spiro atoms. The van der Waals surface area contributed by atoms with Crippen LogP contribution in [-0.4, -0.2) is 15.9 Å². The van der Waals surface area contributed by atoms with Gasteiger partial charge in [-0.15, -0.1) is 11.3 Å². The van der Waals surface area contributed by atoms with Gasteiger partial charge in [-0.05, 0) is 25.1 Å². The number of hydrogen-bond donors (Lipinski definition) is 3. The predicted octanol–water partition coefficient (Wildman–Crippen LogP) is 2.77. The van der Waals surface area contributed by atoms with Crippen molar-refractivity contribution in [3.05, 3.63) is 41.0 Å². The number of aryl methyl sites for hydroxylation is 1. The van der Waals surface area contributed by atoms with Gasteiger partial charge in [0.15, 0.2) is 5.13 Å². The van der Waals surface area contributed by atoms with Crippen molar-refractivity contribution in [3.8, 4) is 0 Å². The molecule has 2 aromatic heterocycles. The van der Waals surface area contributed by atoms with Crippen molar-refractivity contribution < 1.29 is 4.79 Å². The summed E-state index contributed by atoms with van der Waals surface area (Å²) in [5.74, 6) is -0.189. The van der Waals surface area contributed by atoms with Crippen molar-refractivity contribution in [3.63, 3.8) is 0 Å². The van der Waals surface area contributed by atoms with Crippen LogP contribution in [0.25, 0.3) is 10.9 Å². The Kier molecular flexibility index (Phi) is 2.72. The molecule has 4 N–H and O–H groups in total. The lowest BCUT2D eigenvalue weighted by atomic mass is 10.1. The van der Waals surface area contributed by atoms with Gasteiger partial charge in [0, 0.05) is 28.2 Å². The monoisotopic (exact) mass is 272 g/mol. The van der Waals surface area contributed by atoms with Gasteiger partial charge in [0.1, 0.15) is 0 Å². The summed E-state index contributed by atoms with van der Waals surface area (Å²) in [5.41, 5.74) is 8.72. The highest BCUT2D eigenvalue weighted by molar-refractivity contribution is 7.13. The Labute approximate surface area is 113 Å². The normalized spacial score (nSPS) is 10.8. The lowest BCUT2D eigenvalue weighted by Gasteiger charge is -2.00. The number of fused-ring (bicyclic) bond motifs is 1. The van der Waals surface area contributed by atoms with Crippen LogP contribution in [0.3, 0.4) is 0 Å². The van der Waals surface area contributed by atoms with Gasteiger partial charge in [-0.3, -0.25) is 10.1 Å². The third-order valence-electron chi connectivity index (χ3n) is 2.79. The topological polar surface area (TPSA) is 83.8 Å². The first-order valence-corrected chi connectivity index (χ1v) is 6.61. The molecular formula is C13H12N4OS. The van der Waals surface area contributed by atoms with Gasteiger partial charge in [0.2, 0.25) is 0 Å². The number of nitrogens with zero attached hydrogens (tertiary/aromatic N) is 1. The van der Waals surface area contributed by atoms with Gasteiger partial charge in [-0.25, -0.2) is 4.98 Å². The van der Waals surface area contributed by atoms with Crippen LogP contribution in [0.2, 0.25) is 0 Å². The molecule has 96 valence electrons. The fourth-order valence-corrected chi connectivity index (χ4v) is 2.59. The maximum Gasteiger partial charge on any atom is 0.259 e. The van der Waals surface area contributed by atoms with E-state index in [0.29, 0.717) is 16.4 Å². The van der Waals surface area contributed by atoms with Crippen LogP contribution < -0.4 is 11.1 Å². The molecule has 0 aliphatic rings. The van der Waals surface area contributed by atoms with Crippen LogP contribution >= 0.6 is 11.3 Å². The second kappa shape index (κ2) is 4.40. The third-order valence-corrected chi connectivity index (χ3v) is 3.67. The Hall–Kier alpha value is -2.34. The maximum absolute atomic E-state index is 12.2. The van der Waals surface area contributed by atoms with Crippen molar-refractivity contribution in [2.75, 3.05) is 11.1 Å². The Morgan fingerprint density at radius 1 is 1.47 bits per heavy atom. The quantitative estimate of drug-likeness (QED) is 0.627. The van der Waals surface area contributed by atoms with E-state index in [2.05, 4.69) is 15.3 Å². The molecule has 2 heterocycles. The van der Waals surface area contributed by atoms with Gasteiger partial charge in [0.25, 0.3) is 5.91 Å². The van der Waals surface area contributed by atoms with Crippen LogP contribution in [-0.2, 0) is 0 Å². The molecule has 0 aliphatic carbocycles. The van der Waals surface area contributed by atoms with Crippen molar-refractivity contribution in [1.82, 2.24) is 9.97 Å². The number of H-pyrrole nitrogens is 1. The molecule has 1 aromatic carbocycles. The number of aromatic amines is 1. The molecule has 0 radical (unpaired) electrons. The fourth-order valence-electron chi connectivity index (χ4n) is 1.90. The molecule has 0 saturated heterocycles. The van der Waals surface area contributed by atoms with E-state index in [1.165, 1.54) is 11.3 Å². The van der Waals surface area contributed by atoms with Gasteiger partial charge in [0.05, 0.1) is 11.3 Å². The number of nitrogen functional groups attached to an aromatic ring is 1. The molecule has 0 saturated carbocycles. The van der Waals surface area contributed by atoms with Gasteiger partial charge in [-0.2, -0.15) is 0 Å². The summed E-state index contributed by atoms with van der Waals surface area (Å²) in [5, 5.41) is 6.08. The van der Waals surface area contributed by atoms with E-state index < -0.39 is 0 Å². The molecule has 3 rings (SSSR count). The Morgan fingerprint density at radius 2 is 2.32 bits per heavy atom. The molecule has 1 amide bonds. The summed E-state index contributed by atoms with van der Waals surface area (Å²) in [7, 11) is 0. The minimum Gasteiger partial charge on any atom is -0.399 e. The summed E-state index contributed by atoms with van der Waals surface area (Å²) < 4.78 is 0. The minimum atomic E-state index is -0.189. The number of rotatable bonds is 2. The summed E-state index contributed by atoms with van der Waals surface area (Å²) in [6.07, 6.45) is 1.68. The number of nitrogens with one attached hydrogen (secondary N) is 2. The molecule has 0 aliphatic heterocycles. The minimum absolute atomic E-state index is 0.189. The molecular weight excluding hydrogens is 260 g/mol. The predicted molar refractivity (Wildman–Crippen MR) is 77.5 cm³/mol. The molecule has 0 fully saturated rings. The number of anilines is 2. The smallest absolute Gasteiger partial charge is 0.259 e. The average molecular weight is 272 g/mol. The largest absolute Gasteiger partial charge is 0.399 e. The Balaban J connectivity index is 1.95. The molecule has 19 heavy (non-hydrogen) atoms. The third kappa shape index (κ3) is 2.17. The number of carbonyl (C=O) groups is 1. The lowest BCUT2D eigenvalue weighted by Crippen LogP contribution is -2.11. The van der Waals surface area contributed by atoms with E-state index in [-0.39, 0.29) is 5.91 Å². The number of thiazole rings is 1. The number of hydrogen-bond acceptors (Lipinski definition) is 4. The summed E-state index contributed by atoms with van der Waals surface area (Å²) in [6.45, 7) is 1.89. The first-order valence-electron chi connectivity index (χ1n) is 5.73. The van der Waals surface area contributed by atoms with E-state index in [1.807, 2.05) is 18.4 Å². The number of carbonyl (C=O) groups excluding carboxylic acids is 1. The Bertz CT molecular complexity index is 759. The van der Waals surface area contributed by atoms with Crippen LogP contribution in [0.4, 0.5) is 10.8 Å². The number of amides is 1. The van der Waals surface area contributed by atoms with Crippen LogP contribution in [0, 0.1) is 6.92 Å². The van der Waals surface area contributed by atoms with Gasteiger partial charge >= 0.3 is 0 Å². The van der Waals surface area contributed by atoms with E-state index in [1.54, 1.807) is 18.3 Å². The summed E-state index contributed by atoms with van der Waals surface area (Å²) in [4.78, 5) is 19.5. The SMILES string of the molecule is Cc1csc(NC(=O)c2c[nH]c3ccc(N)cc23)n1. The zero-order chi connectivity index (χ0) is 13.4. The molecule has 6 heteroatoms.